The van der Waals surface area contributed by atoms with Gasteiger partial charge < -0.3 is 15.2 Å². The average Bonchev–Trinajstić information content (AvgIpc) is 2.94. The van der Waals surface area contributed by atoms with Crippen molar-refractivity contribution in [2.45, 2.75) is 24.6 Å². The first-order chi connectivity index (χ1) is 13.4. The van der Waals surface area contributed by atoms with Crippen molar-refractivity contribution in [1.82, 2.24) is 4.90 Å². The molecule has 2 atom stereocenters. The van der Waals surface area contributed by atoms with Crippen LogP contribution in [0.4, 0.5) is 13.6 Å². The Balaban J connectivity index is 1.65. The van der Waals surface area contributed by atoms with E-state index in [1.165, 1.54) is 12.1 Å². The maximum Gasteiger partial charge on any atom is 0.410 e. The predicted octanol–water partition coefficient (Wildman–Crippen LogP) is 2.83. The zero-order valence-electron chi connectivity index (χ0n) is 15.0. The largest absolute Gasteiger partial charge is 0.460 e. The van der Waals surface area contributed by atoms with Crippen molar-refractivity contribution in [1.29, 1.82) is 0 Å². The average molecular weight is 390 g/mol. The summed E-state index contributed by atoms with van der Waals surface area (Å²) in [5, 5.41) is 0. The maximum atomic E-state index is 14.5. The molecule has 3 rings (SSSR count). The van der Waals surface area contributed by atoms with Gasteiger partial charge in [-0.05, 0) is 17.7 Å². The second-order valence-electron chi connectivity index (χ2n) is 6.45. The number of nitrogens with zero attached hydrogens (tertiary/aromatic N) is 1. The smallest absolute Gasteiger partial charge is 0.410 e. The van der Waals surface area contributed by atoms with Gasteiger partial charge in [-0.1, -0.05) is 48.5 Å². The molecule has 2 aromatic rings. The van der Waals surface area contributed by atoms with Crippen LogP contribution in [0, 0.1) is 0 Å². The molecule has 8 heteroatoms. The van der Waals surface area contributed by atoms with Crippen LogP contribution in [0.3, 0.4) is 0 Å². The summed E-state index contributed by atoms with van der Waals surface area (Å²) in [5.41, 5.74) is 6.46. The highest BCUT2D eigenvalue weighted by Gasteiger charge is 2.57. The molecule has 28 heavy (non-hydrogen) atoms. The van der Waals surface area contributed by atoms with Crippen molar-refractivity contribution in [3.05, 3.63) is 71.8 Å². The summed E-state index contributed by atoms with van der Waals surface area (Å²) >= 11 is 0. The van der Waals surface area contributed by atoms with Gasteiger partial charge in [0, 0.05) is 6.54 Å². The molecule has 2 aromatic carbocycles. The first-order valence-electron chi connectivity index (χ1n) is 8.72. The fourth-order valence-electron chi connectivity index (χ4n) is 2.93. The predicted molar refractivity (Wildman–Crippen MR) is 96.8 cm³/mol. The molecule has 1 aliphatic heterocycles. The third-order valence-corrected chi connectivity index (χ3v) is 4.53. The minimum absolute atomic E-state index is 0.0620. The number of esters is 1. The highest BCUT2D eigenvalue weighted by Crippen LogP contribution is 2.34. The van der Waals surface area contributed by atoms with Crippen LogP contribution in [0.1, 0.15) is 15.9 Å². The van der Waals surface area contributed by atoms with E-state index in [1.54, 1.807) is 42.5 Å². The number of ether oxygens (including phenoxy) is 2. The first kappa shape index (κ1) is 19.8. The first-order valence-corrected chi connectivity index (χ1v) is 8.72. The van der Waals surface area contributed by atoms with E-state index in [0.29, 0.717) is 0 Å². The Bertz CT molecular complexity index is 817. The highest BCUT2D eigenvalue weighted by molar-refractivity contribution is 5.89. The second-order valence-corrected chi connectivity index (χ2v) is 6.45. The Hall–Kier alpha value is -3.00. The number of hydrogen-bond acceptors (Lipinski definition) is 5. The number of nitrogens with two attached hydrogens (primary N) is 1. The van der Waals surface area contributed by atoms with E-state index in [-0.39, 0.29) is 12.2 Å². The van der Waals surface area contributed by atoms with Crippen LogP contribution in [0.2, 0.25) is 0 Å². The third-order valence-electron chi connectivity index (χ3n) is 4.53. The molecule has 6 nitrogen and oxygen atoms in total. The van der Waals surface area contributed by atoms with Gasteiger partial charge in [-0.3, -0.25) is 4.90 Å². The van der Waals surface area contributed by atoms with E-state index in [1.807, 2.05) is 6.07 Å². The molecule has 2 N–H and O–H groups in total. The molecule has 0 unspecified atom stereocenters. The number of amides is 1. The van der Waals surface area contributed by atoms with Crippen molar-refractivity contribution >= 4 is 12.1 Å². The van der Waals surface area contributed by atoms with E-state index < -0.39 is 43.2 Å². The lowest BCUT2D eigenvalue weighted by Gasteiger charge is -2.26. The summed E-state index contributed by atoms with van der Waals surface area (Å²) in [5.74, 6) is -4.17. The number of hydrogen-bond donors (Lipinski definition) is 1. The lowest BCUT2D eigenvalue weighted by Crippen LogP contribution is -2.48. The second kappa shape index (κ2) is 8.35. The number of alkyl halides is 2. The molecule has 0 radical (unpaired) electrons. The molecule has 1 aliphatic rings. The van der Waals surface area contributed by atoms with Crippen molar-refractivity contribution < 1.29 is 27.8 Å². The van der Waals surface area contributed by atoms with E-state index in [4.69, 9.17) is 15.2 Å². The zero-order chi connectivity index (χ0) is 20.1. The van der Waals surface area contributed by atoms with Crippen LogP contribution in [-0.4, -0.2) is 48.1 Å². The minimum Gasteiger partial charge on any atom is -0.460 e. The SMILES string of the molecule is N[C@@H]1CN(C(=O)OCc2ccccc2)[C@@H](COC(=O)c2ccccc2)C1(F)F. The highest BCUT2D eigenvalue weighted by atomic mass is 19.3. The molecule has 0 aromatic heterocycles. The molecule has 1 saturated heterocycles. The van der Waals surface area contributed by atoms with E-state index in [0.717, 1.165) is 10.5 Å². The van der Waals surface area contributed by atoms with Gasteiger partial charge >= 0.3 is 12.1 Å². The van der Waals surface area contributed by atoms with Gasteiger partial charge in [0.1, 0.15) is 19.3 Å². The topological polar surface area (TPSA) is 81.9 Å². The van der Waals surface area contributed by atoms with E-state index in [2.05, 4.69) is 0 Å². The van der Waals surface area contributed by atoms with Crippen LogP contribution in [-0.2, 0) is 16.1 Å². The number of benzene rings is 2. The summed E-state index contributed by atoms with van der Waals surface area (Å²) in [7, 11) is 0. The van der Waals surface area contributed by atoms with Gasteiger partial charge in [0.15, 0.2) is 0 Å². The van der Waals surface area contributed by atoms with Crippen LogP contribution in [0.15, 0.2) is 60.7 Å². The summed E-state index contributed by atoms with van der Waals surface area (Å²) in [6, 6.07) is 13.6. The number of halogens is 2. The van der Waals surface area contributed by atoms with Gasteiger partial charge in [-0.2, -0.15) is 0 Å². The Kier molecular flexibility index (Phi) is 5.89. The molecular formula is C20H20F2N2O4. The standard InChI is InChI=1S/C20H20F2N2O4/c21-20(22)16(23)11-24(19(26)28-12-14-7-3-1-4-8-14)17(20)13-27-18(25)15-9-5-2-6-10-15/h1-10,16-17H,11-13,23H2/t16-,17+/m1/s1. The van der Waals surface area contributed by atoms with Gasteiger partial charge in [0.25, 0.3) is 5.92 Å². The quantitative estimate of drug-likeness (QED) is 0.794. The molecule has 1 heterocycles. The third kappa shape index (κ3) is 4.28. The fraction of sp³-hybridized carbons (Fsp3) is 0.300. The molecule has 1 amide bonds. The van der Waals surface area contributed by atoms with E-state index in [9.17, 15) is 18.4 Å². The minimum atomic E-state index is -3.41. The van der Waals surface area contributed by atoms with Gasteiger partial charge in [-0.15, -0.1) is 0 Å². The summed E-state index contributed by atoms with van der Waals surface area (Å²) < 4.78 is 39.1. The summed E-state index contributed by atoms with van der Waals surface area (Å²) in [6.07, 6.45) is -0.933. The van der Waals surface area contributed by atoms with Crippen molar-refractivity contribution in [2.75, 3.05) is 13.2 Å². The van der Waals surface area contributed by atoms with Crippen LogP contribution in [0.25, 0.3) is 0 Å². The number of likely N-dealkylation sites (tertiary alicyclic amines) is 1. The van der Waals surface area contributed by atoms with Gasteiger partial charge in [0.05, 0.1) is 11.6 Å². The van der Waals surface area contributed by atoms with Gasteiger partial charge in [-0.25, -0.2) is 18.4 Å². The summed E-state index contributed by atoms with van der Waals surface area (Å²) in [6.45, 7) is -1.14. The molecule has 1 fully saturated rings. The molecular weight excluding hydrogens is 370 g/mol. The number of carbonyl (C=O) groups is 2. The van der Waals surface area contributed by atoms with Crippen LogP contribution in [0.5, 0.6) is 0 Å². The number of rotatable bonds is 5. The fourth-order valence-corrected chi connectivity index (χ4v) is 2.93. The zero-order valence-corrected chi connectivity index (χ0v) is 15.0. The van der Waals surface area contributed by atoms with Crippen LogP contribution < -0.4 is 5.73 Å². The monoisotopic (exact) mass is 390 g/mol. The normalized spacial score (nSPS) is 20.6. The molecule has 0 spiro atoms. The van der Waals surface area contributed by atoms with Crippen LogP contribution >= 0.6 is 0 Å². The summed E-state index contributed by atoms with van der Waals surface area (Å²) in [4.78, 5) is 25.2. The Labute approximate surface area is 160 Å². The van der Waals surface area contributed by atoms with E-state index >= 15 is 0 Å². The molecule has 0 saturated carbocycles. The Morgan fingerprint density at radius 2 is 1.64 bits per heavy atom. The van der Waals surface area contributed by atoms with Crippen molar-refractivity contribution in [3.8, 4) is 0 Å². The van der Waals surface area contributed by atoms with Crippen molar-refractivity contribution in [2.24, 2.45) is 5.73 Å². The maximum absolute atomic E-state index is 14.5. The van der Waals surface area contributed by atoms with Crippen molar-refractivity contribution in [3.63, 3.8) is 0 Å². The number of carbonyl (C=O) groups excluding carboxylic acids is 2. The lowest BCUT2D eigenvalue weighted by atomic mass is 10.1. The van der Waals surface area contributed by atoms with Gasteiger partial charge in [0.2, 0.25) is 0 Å². The lowest BCUT2D eigenvalue weighted by molar-refractivity contribution is -0.0625. The Morgan fingerprint density at radius 3 is 2.29 bits per heavy atom. The molecule has 0 aliphatic carbocycles. The molecule has 0 bridgehead atoms. The molecule has 148 valence electrons. The Morgan fingerprint density at radius 1 is 1.04 bits per heavy atom.